The van der Waals surface area contributed by atoms with E-state index in [-0.39, 0.29) is 0 Å². The van der Waals surface area contributed by atoms with Gasteiger partial charge in [0.15, 0.2) is 11.9 Å². The van der Waals surface area contributed by atoms with E-state index < -0.39 is 0 Å². The predicted molar refractivity (Wildman–Crippen MR) is 113 cm³/mol. The molecule has 0 saturated heterocycles. The molecule has 0 aliphatic rings. The largest absolute Gasteiger partial charge is 0.297 e. The minimum atomic E-state index is 0.620. The van der Waals surface area contributed by atoms with Gasteiger partial charge in [0.05, 0.1) is 14.6 Å². The molecule has 0 aliphatic carbocycles. The van der Waals surface area contributed by atoms with Gasteiger partial charge in [0.2, 0.25) is 0 Å². The van der Waals surface area contributed by atoms with Gasteiger partial charge in [-0.2, -0.15) is 0 Å². The molecule has 0 amide bonds. The predicted octanol–water partition coefficient (Wildman–Crippen LogP) is 6.02. The Morgan fingerprint density at radius 2 is 1.59 bits per heavy atom. The number of carbonyl (C=O) groups excluding carboxylic acids is 1. The Labute approximate surface area is 166 Å². The number of fused-ring (bicyclic) bond motifs is 1. The van der Waals surface area contributed by atoms with Crippen LogP contribution >= 0.6 is 34.0 Å². The van der Waals surface area contributed by atoms with Crippen LogP contribution in [0.1, 0.15) is 9.67 Å². The Morgan fingerprint density at radius 3 is 2.22 bits per heavy atom. The van der Waals surface area contributed by atoms with E-state index in [9.17, 15) is 4.79 Å². The Morgan fingerprint density at radius 1 is 0.852 bits per heavy atom. The van der Waals surface area contributed by atoms with Crippen LogP contribution in [0.2, 0.25) is 0 Å². The van der Waals surface area contributed by atoms with Gasteiger partial charge in [-0.1, -0.05) is 12.1 Å². The fraction of sp³-hybridized carbons (Fsp3) is 0. The molecule has 0 atom stereocenters. The van der Waals surface area contributed by atoms with Gasteiger partial charge in [0, 0.05) is 16.6 Å². The number of aldehydes is 1. The maximum atomic E-state index is 11.0. The molecule has 0 saturated carbocycles. The number of aromatic nitrogens is 3. The van der Waals surface area contributed by atoms with Gasteiger partial charge in [0.25, 0.3) is 0 Å². The van der Waals surface area contributed by atoms with Crippen molar-refractivity contribution in [2.45, 2.75) is 0 Å². The molecule has 4 nitrogen and oxygen atoms in total. The molecule has 0 N–H and O–H groups in total. The van der Waals surface area contributed by atoms with Crippen molar-refractivity contribution in [2.75, 3.05) is 0 Å². The second kappa shape index (κ2) is 6.77. The van der Waals surface area contributed by atoms with E-state index in [0.29, 0.717) is 10.5 Å². The topological polar surface area (TPSA) is 55.7 Å². The number of hydrogen-bond acceptors (Lipinski definition) is 7. The van der Waals surface area contributed by atoms with Crippen molar-refractivity contribution in [1.29, 1.82) is 0 Å². The lowest BCUT2D eigenvalue weighted by atomic mass is 10.2. The first kappa shape index (κ1) is 16.4. The van der Waals surface area contributed by atoms with Crippen molar-refractivity contribution in [3.63, 3.8) is 0 Å². The highest BCUT2D eigenvalue weighted by atomic mass is 32.1. The molecule has 5 aromatic rings. The van der Waals surface area contributed by atoms with Gasteiger partial charge in [-0.25, -0.2) is 15.0 Å². The molecule has 5 heterocycles. The summed E-state index contributed by atoms with van der Waals surface area (Å²) < 4.78 is 0. The van der Waals surface area contributed by atoms with Gasteiger partial charge < -0.3 is 0 Å². The first-order valence-electron chi connectivity index (χ1n) is 8.13. The van der Waals surface area contributed by atoms with Crippen LogP contribution in [0, 0.1) is 0 Å². The van der Waals surface area contributed by atoms with E-state index in [1.54, 1.807) is 28.9 Å². The van der Waals surface area contributed by atoms with Crippen LogP contribution in [-0.4, -0.2) is 21.2 Å². The second-order valence-electron chi connectivity index (χ2n) is 5.76. The maximum absolute atomic E-state index is 11.0. The number of nitrogens with zero attached hydrogens (tertiary/aromatic N) is 3. The summed E-state index contributed by atoms with van der Waals surface area (Å²) in [6.45, 7) is 0. The van der Waals surface area contributed by atoms with Crippen molar-refractivity contribution in [1.82, 2.24) is 15.0 Å². The zero-order valence-corrected chi connectivity index (χ0v) is 16.3. The molecule has 0 aromatic carbocycles. The Hall–Kier alpha value is -2.74. The molecule has 0 fully saturated rings. The Balaban J connectivity index is 1.72. The van der Waals surface area contributed by atoms with Crippen LogP contribution < -0.4 is 0 Å². The van der Waals surface area contributed by atoms with Gasteiger partial charge in [-0.05, 0) is 41.1 Å². The van der Waals surface area contributed by atoms with Crippen LogP contribution in [-0.2, 0) is 0 Å². The first-order valence-corrected chi connectivity index (χ1v) is 10.7. The van der Waals surface area contributed by atoms with Crippen LogP contribution in [0.15, 0.2) is 59.4 Å². The van der Waals surface area contributed by atoms with Crippen LogP contribution in [0.3, 0.4) is 0 Å². The van der Waals surface area contributed by atoms with Crippen molar-refractivity contribution >= 4 is 51.5 Å². The zero-order chi connectivity index (χ0) is 18.2. The highest BCUT2D eigenvalue weighted by Gasteiger charge is 2.16. The summed E-state index contributed by atoms with van der Waals surface area (Å²) >= 11 is 4.74. The number of pyridine rings is 1. The summed E-state index contributed by atoms with van der Waals surface area (Å²) in [4.78, 5) is 29.1. The van der Waals surface area contributed by atoms with Crippen LogP contribution in [0.25, 0.3) is 42.7 Å². The van der Waals surface area contributed by atoms with Crippen molar-refractivity contribution in [3.05, 3.63) is 64.3 Å². The smallest absolute Gasteiger partial charge is 0.178 e. The van der Waals surface area contributed by atoms with E-state index in [4.69, 9.17) is 9.97 Å². The standard InChI is InChI=1S/C20H11N3OS3/c24-11-13-5-6-15(27-13)12-9-14-20(21-10-12)23-19(17-4-2-8-26-17)18(22-14)16-3-1-7-25-16/h1-11H. The molecule has 0 bridgehead atoms. The van der Waals surface area contributed by atoms with Crippen molar-refractivity contribution in [2.24, 2.45) is 0 Å². The molecular formula is C20H11N3OS3. The van der Waals surface area contributed by atoms with Crippen LogP contribution in [0.4, 0.5) is 0 Å². The van der Waals surface area contributed by atoms with Gasteiger partial charge >= 0.3 is 0 Å². The minimum absolute atomic E-state index is 0.620. The highest BCUT2D eigenvalue weighted by Crippen LogP contribution is 2.36. The lowest BCUT2D eigenvalue weighted by Crippen LogP contribution is -1.95. The quantitative estimate of drug-likeness (QED) is 0.343. The molecule has 5 aromatic heterocycles. The SMILES string of the molecule is O=Cc1ccc(-c2cnc3nc(-c4cccs4)c(-c4cccs4)nc3c2)s1. The van der Waals surface area contributed by atoms with E-state index >= 15 is 0 Å². The third-order valence-electron chi connectivity index (χ3n) is 4.06. The molecule has 0 spiro atoms. The maximum Gasteiger partial charge on any atom is 0.178 e. The summed E-state index contributed by atoms with van der Waals surface area (Å²) in [5.41, 5.74) is 4.04. The molecule has 0 unspecified atom stereocenters. The number of carbonyl (C=O) groups is 1. The summed E-state index contributed by atoms with van der Waals surface area (Å²) in [5.74, 6) is 0. The average Bonchev–Trinajstić information content (AvgIpc) is 3.48. The normalized spacial score (nSPS) is 11.1. The van der Waals surface area contributed by atoms with Gasteiger partial charge in [0.1, 0.15) is 16.9 Å². The zero-order valence-electron chi connectivity index (χ0n) is 13.8. The number of hydrogen-bond donors (Lipinski definition) is 0. The second-order valence-corrected chi connectivity index (χ2v) is 8.77. The van der Waals surface area contributed by atoms with Gasteiger partial charge in [-0.3, -0.25) is 4.79 Å². The third kappa shape index (κ3) is 2.99. The van der Waals surface area contributed by atoms with E-state index in [1.165, 1.54) is 11.3 Å². The number of thiophene rings is 3. The number of rotatable bonds is 4. The Kier molecular flexibility index (Phi) is 4.12. The summed E-state index contributed by atoms with van der Waals surface area (Å²) in [6, 6.07) is 13.9. The fourth-order valence-corrected chi connectivity index (χ4v) is 5.06. The average molecular weight is 406 g/mol. The third-order valence-corrected chi connectivity index (χ3v) is 6.87. The van der Waals surface area contributed by atoms with Gasteiger partial charge in [-0.15, -0.1) is 34.0 Å². The molecule has 130 valence electrons. The minimum Gasteiger partial charge on any atom is -0.297 e. The molecule has 27 heavy (non-hydrogen) atoms. The highest BCUT2D eigenvalue weighted by molar-refractivity contribution is 7.17. The molecule has 5 rings (SSSR count). The molecule has 0 radical (unpaired) electrons. The molecular weight excluding hydrogens is 394 g/mol. The fourth-order valence-electron chi connectivity index (χ4n) is 2.82. The van der Waals surface area contributed by atoms with E-state index in [0.717, 1.165) is 43.4 Å². The lowest BCUT2D eigenvalue weighted by Gasteiger charge is -2.08. The van der Waals surface area contributed by atoms with Crippen molar-refractivity contribution < 1.29 is 4.79 Å². The Bertz CT molecular complexity index is 1240. The first-order chi connectivity index (χ1) is 13.3. The summed E-state index contributed by atoms with van der Waals surface area (Å²) in [5, 5.41) is 4.08. The monoisotopic (exact) mass is 405 g/mol. The summed E-state index contributed by atoms with van der Waals surface area (Å²) in [6.07, 6.45) is 2.66. The van der Waals surface area contributed by atoms with Crippen molar-refractivity contribution in [3.8, 4) is 31.6 Å². The van der Waals surface area contributed by atoms with E-state index in [1.807, 2.05) is 41.1 Å². The molecule has 7 heteroatoms. The lowest BCUT2D eigenvalue weighted by molar-refractivity contribution is 0.112. The summed E-state index contributed by atoms with van der Waals surface area (Å²) in [7, 11) is 0. The molecule has 0 aliphatic heterocycles. The van der Waals surface area contributed by atoms with Crippen LogP contribution in [0.5, 0.6) is 0 Å². The van der Waals surface area contributed by atoms with E-state index in [2.05, 4.69) is 17.1 Å².